The van der Waals surface area contributed by atoms with E-state index >= 15 is 0 Å². The number of amides is 1. The van der Waals surface area contributed by atoms with Gasteiger partial charge in [-0.1, -0.05) is 43.5 Å². The minimum Gasteiger partial charge on any atom is -0.482 e. The van der Waals surface area contributed by atoms with Crippen molar-refractivity contribution in [2.45, 2.75) is 38.6 Å². The van der Waals surface area contributed by atoms with Crippen LogP contribution in [-0.2, 0) is 4.79 Å². The fraction of sp³-hybridized carbons (Fsp3) is 0.533. The monoisotopic (exact) mass is 281 g/mol. The van der Waals surface area contributed by atoms with Crippen LogP contribution in [0.2, 0.25) is 5.02 Å². The fourth-order valence-corrected chi connectivity index (χ4v) is 2.73. The van der Waals surface area contributed by atoms with Crippen molar-refractivity contribution < 1.29 is 9.53 Å². The van der Waals surface area contributed by atoms with E-state index in [-0.39, 0.29) is 12.5 Å². The predicted octanol–water partition coefficient (Wildman–Crippen LogP) is 3.41. The molecule has 1 saturated carbocycles. The normalized spacial score (nSPS) is 22.8. The molecule has 1 fully saturated rings. The molecule has 1 aromatic rings. The molecule has 0 bridgehead atoms. The van der Waals surface area contributed by atoms with Crippen molar-refractivity contribution in [1.29, 1.82) is 0 Å². The molecule has 104 valence electrons. The van der Waals surface area contributed by atoms with Crippen LogP contribution >= 0.6 is 11.6 Å². The molecule has 0 aliphatic heterocycles. The Bertz CT molecular complexity index is 436. The number of nitrogens with one attached hydrogen (secondary N) is 1. The van der Waals surface area contributed by atoms with Crippen LogP contribution in [0.25, 0.3) is 0 Å². The molecule has 1 amide bonds. The maximum Gasteiger partial charge on any atom is 0.258 e. The Morgan fingerprint density at radius 1 is 1.42 bits per heavy atom. The van der Waals surface area contributed by atoms with E-state index in [9.17, 15) is 4.79 Å². The van der Waals surface area contributed by atoms with Gasteiger partial charge in [-0.2, -0.15) is 0 Å². The van der Waals surface area contributed by atoms with Crippen molar-refractivity contribution in [3.05, 3.63) is 29.3 Å². The Labute approximate surface area is 119 Å². The van der Waals surface area contributed by atoms with Crippen LogP contribution in [-0.4, -0.2) is 18.6 Å². The lowest BCUT2D eigenvalue weighted by molar-refractivity contribution is -0.124. The lowest BCUT2D eigenvalue weighted by Crippen LogP contribution is -2.40. The molecule has 1 aliphatic carbocycles. The molecule has 2 rings (SSSR count). The number of para-hydroxylation sites is 1. The highest BCUT2D eigenvalue weighted by molar-refractivity contribution is 6.32. The number of hydrogen-bond acceptors (Lipinski definition) is 2. The summed E-state index contributed by atoms with van der Waals surface area (Å²) in [5.41, 5.74) is 0. The van der Waals surface area contributed by atoms with Crippen molar-refractivity contribution in [3.63, 3.8) is 0 Å². The average molecular weight is 282 g/mol. The van der Waals surface area contributed by atoms with Crippen LogP contribution in [0.4, 0.5) is 0 Å². The number of carbonyl (C=O) groups excluding carboxylic acids is 1. The quantitative estimate of drug-likeness (QED) is 0.918. The summed E-state index contributed by atoms with van der Waals surface area (Å²) in [6.45, 7) is 2.26. The Hall–Kier alpha value is -1.22. The third-order valence-electron chi connectivity index (χ3n) is 3.50. The first-order valence-corrected chi connectivity index (χ1v) is 7.19. The van der Waals surface area contributed by atoms with Gasteiger partial charge in [0.15, 0.2) is 6.61 Å². The zero-order valence-electron chi connectivity index (χ0n) is 11.2. The predicted molar refractivity (Wildman–Crippen MR) is 76.5 cm³/mol. The smallest absolute Gasteiger partial charge is 0.258 e. The van der Waals surface area contributed by atoms with Crippen LogP contribution in [0.15, 0.2) is 24.3 Å². The van der Waals surface area contributed by atoms with E-state index in [2.05, 4.69) is 12.2 Å². The third kappa shape index (κ3) is 4.43. The molecule has 1 aromatic carbocycles. The fourth-order valence-electron chi connectivity index (χ4n) is 2.54. The summed E-state index contributed by atoms with van der Waals surface area (Å²) in [5, 5.41) is 3.56. The van der Waals surface area contributed by atoms with Gasteiger partial charge in [0.2, 0.25) is 0 Å². The second-order valence-electron chi connectivity index (χ2n) is 5.26. The first kappa shape index (κ1) is 14.2. The molecule has 19 heavy (non-hydrogen) atoms. The standard InChI is InChI=1S/C15H20ClNO2/c1-11-5-4-6-12(9-11)17-15(18)10-19-14-8-3-2-7-13(14)16/h2-3,7-8,11-12H,4-6,9-10H2,1H3,(H,17,18). The molecule has 2 unspecified atom stereocenters. The van der Waals surface area contributed by atoms with E-state index in [1.807, 2.05) is 12.1 Å². The van der Waals surface area contributed by atoms with E-state index < -0.39 is 0 Å². The number of halogens is 1. The molecule has 2 atom stereocenters. The second-order valence-corrected chi connectivity index (χ2v) is 5.66. The van der Waals surface area contributed by atoms with Crippen LogP contribution in [0.1, 0.15) is 32.6 Å². The van der Waals surface area contributed by atoms with Gasteiger partial charge in [-0.05, 0) is 30.9 Å². The van der Waals surface area contributed by atoms with E-state index in [1.165, 1.54) is 12.8 Å². The highest BCUT2D eigenvalue weighted by Gasteiger charge is 2.20. The summed E-state index contributed by atoms with van der Waals surface area (Å²) < 4.78 is 5.42. The van der Waals surface area contributed by atoms with Crippen LogP contribution in [0.3, 0.4) is 0 Å². The van der Waals surface area contributed by atoms with Crippen molar-refractivity contribution in [2.24, 2.45) is 5.92 Å². The molecular weight excluding hydrogens is 262 g/mol. The molecule has 4 heteroatoms. The summed E-state index contributed by atoms with van der Waals surface area (Å²) in [6, 6.07) is 7.47. The highest BCUT2D eigenvalue weighted by Crippen LogP contribution is 2.24. The van der Waals surface area contributed by atoms with Gasteiger partial charge in [0.25, 0.3) is 5.91 Å². The number of ether oxygens (including phenoxy) is 1. The number of benzene rings is 1. The van der Waals surface area contributed by atoms with Crippen molar-refractivity contribution in [3.8, 4) is 5.75 Å². The Morgan fingerprint density at radius 3 is 2.95 bits per heavy atom. The first-order valence-electron chi connectivity index (χ1n) is 6.82. The Balaban J connectivity index is 1.77. The molecule has 1 aliphatic rings. The van der Waals surface area contributed by atoms with E-state index in [0.29, 0.717) is 22.7 Å². The van der Waals surface area contributed by atoms with Crippen LogP contribution in [0, 0.1) is 5.92 Å². The first-order chi connectivity index (χ1) is 9.15. The van der Waals surface area contributed by atoms with Crippen LogP contribution < -0.4 is 10.1 Å². The largest absolute Gasteiger partial charge is 0.482 e. The number of carbonyl (C=O) groups is 1. The van der Waals surface area contributed by atoms with Gasteiger partial charge in [0, 0.05) is 6.04 Å². The van der Waals surface area contributed by atoms with Crippen molar-refractivity contribution in [1.82, 2.24) is 5.32 Å². The van der Waals surface area contributed by atoms with Crippen molar-refractivity contribution in [2.75, 3.05) is 6.61 Å². The van der Waals surface area contributed by atoms with Gasteiger partial charge in [0.1, 0.15) is 5.75 Å². The molecule has 3 nitrogen and oxygen atoms in total. The molecule has 0 heterocycles. The van der Waals surface area contributed by atoms with Gasteiger partial charge in [-0.15, -0.1) is 0 Å². The Kier molecular flexibility index (Phi) is 5.08. The molecule has 0 radical (unpaired) electrons. The van der Waals surface area contributed by atoms with Gasteiger partial charge in [-0.25, -0.2) is 0 Å². The van der Waals surface area contributed by atoms with Crippen LogP contribution in [0.5, 0.6) is 5.75 Å². The summed E-state index contributed by atoms with van der Waals surface area (Å²) >= 11 is 5.96. The van der Waals surface area contributed by atoms with E-state index in [4.69, 9.17) is 16.3 Å². The lowest BCUT2D eigenvalue weighted by Gasteiger charge is -2.27. The summed E-state index contributed by atoms with van der Waals surface area (Å²) in [6.07, 6.45) is 4.60. The second kappa shape index (κ2) is 6.80. The number of rotatable bonds is 4. The average Bonchev–Trinajstić information content (AvgIpc) is 2.38. The summed E-state index contributed by atoms with van der Waals surface area (Å²) in [5.74, 6) is 1.18. The minimum absolute atomic E-state index is 0.0224. The zero-order valence-corrected chi connectivity index (χ0v) is 12.0. The zero-order chi connectivity index (χ0) is 13.7. The molecule has 0 aromatic heterocycles. The summed E-state index contributed by atoms with van der Waals surface area (Å²) in [7, 11) is 0. The van der Waals surface area contributed by atoms with E-state index in [1.54, 1.807) is 12.1 Å². The maximum atomic E-state index is 11.8. The van der Waals surface area contributed by atoms with Gasteiger partial charge in [0.05, 0.1) is 5.02 Å². The van der Waals surface area contributed by atoms with Gasteiger partial charge in [-0.3, -0.25) is 4.79 Å². The molecular formula is C15H20ClNO2. The Morgan fingerprint density at radius 2 is 2.21 bits per heavy atom. The lowest BCUT2D eigenvalue weighted by atomic mass is 9.87. The number of hydrogen-bond donors (Lipinski definition) is 1. The molecule has 0 saturated heterocycles. The minimum atomic E-state index is -0.0704. The molecule has 1 N–H and O–H groups in total. The topological polar surface area (TPSA) is 38.3 Å². The highest BCUT2D eigenvalue weighted by atomic mass is 35.5. The third-order valence-corrected chi connectivity index (χ3v) is 3.81. The maximum absolute atomic E-state index is 11.8. The summed E-state index contributed by atoms with van der Waals surface area (Å²) in [4.78, 5) is 11.8. The van der Waals surface area contributed by atoms with Crippen molar-refractivity contribution >= 4 is 17.5 Å². The SMILES string of the molecule is CC1CCCC(NC(=O)COc2ccccc2Cl)C1. The van der Waals surface area contributed by atoms with Gasteiger partial charge < -0.3 is 10.1 Å². The van der Waals surface area contributed by atoms with E-state index in [0.717, 1.165) is 12.8 Å². The molecule has 0 spiro atoms. The van der Waals surface area contributed by atoms with Gasteiger partial charge >= 0.3 is 0 Å².